The highest BCUT2D eigenvalue weighted by atomic mass is 35.5. The summed E-state index contributed by atoms with van der Waals surface area (Å²) < 4.78 is 2.00. The van der Waals surface area contributed by atoms with Crippen LogP contribution in [-0.4, -0.2) is 9.38 Å². The van der Waals surface area contributed by atoms with Crippen molar-refractivity contribution in [3.05, 3.63) is 35.2 Å². The lowest BCUT2D eigenvalue weighted by atomic mass is 10.1. The summed E-state index contributed by atoms with van der Waals surface area (Å²) in [5.41, 5.74) is 2.15. The number of hydrogen-bond acceptors (Lipinski definition) is 1. The molecule has 0 saturated carbocycles. The summed E-state index contributed by atoms with van der Waals surface area (Å²) in [7, 11) is 0. The quantitative estimate of drug-likeness (QED) is 0.715. The Hall–Kier alpha value is -1.02. The van der Waals surface area contributed by atoms with Crippen molar-refractivity contribution in [1.29, 1.82) is 0 Å². The highest BCUT2D eigenvalue weighted by Crippen LogP contribution is 2.13. The van der Waals surface area contributed by atoms with Gasteiger partial charge in [-0.1, -0.05) is 37.8 Å². The minimum absolute atomic E-state index is 0.752. The molecule has 2 nitrogen and oxygen atoms in total. The van der Waals surface area contributed by atoms with E-state index in [4.69, 9.17) is 11.6 Å². The summed E-state index contributed by atoms with van der Waals surface area (Å²) in [5, 5.41) is 0.752. The largest absolute Gasteiger partial charge is 0.305 e. The van der Waals surface area contributed by atoms with E-state index in [0.717, 1.165) is 17.1 Å². The molecule has 0 aliphatic heterocycles. The molecule has 0 radical (unpaired) electrons. The fourth-order valence-electron chi connectivity index (χ4n) is 1.87. The fraction of sp³-hybridized carbons (Fsp3) is 0.462. The molecular formula is C13H17ClN2. The predicted molar refractivity (Wildman–Crippen MR) is 68.0 cm³/mol. The normalized spacial score (nSPS) is 11.1. The number of hydrogen-bond donors (Lipinski definition) is 0. The Morgan fingerprint density at radius 1 is 1.19 bits per heavy atom. The van der Waals surface area contributed by atoms with Crippen LogP contribution in [0.2, 0.25) is 5.02 Å². The highest BCUT2D eigenvalue weighted by molar-refractivity contribution is 6.30. The molecular weight excluding hydrogens is 220 g/mol. The van der Waals surface area contributed by atoms with Gasteiger partial charge in [-0.3, -0.25) is 0 Å². The van der Waals surface area contributed by atoms with Crippen LogP contribution in [0.5, 0.6) is 0 Å². The fourth-order valence-corrected chi connectivity index (χ4v) is 2.04. The Balaban J connectivity index is 2.02. The molecule has 0 bridgehead atoms. The average molecular weight is 237 g/mol. The number of fused-ring (bicyclic) bond motifs is 1. The lowest BCUT2D eigenvalue weighted by molar-refractivity contribution is 0.662. The van der Waals surface area contributed by atoms with Gasteiger partial charge in [0.25, 0.3) is 0 Å². The summed E-state index contributed by atoms with van der Waals surface area (Å²) in [6.07, 6.45) is 10.2. The van der Waals surface area contributed by atoms with Crippen LogP contribution in [0.4, 0.5) is 0 Å². The van der Waals surface area contributed by atoms with Gasteiger partial charge in [-0.05, 0) is 25.0 Å². The van der Waals surface area contributed by atoms with Crippen LogP contribution in [-0.2, 0) is 6.42 Å². The Morgan fingerprint density at radius 2 is 2.06 bits per heavy atom. The van der Waals surface area contributed by atoms with Crippen molar-refractivity contribution in [3.8, 4) is 0 Å². The molecule has 0 fully saturated rings. The van der Waals surface area contributed by atoms with Gasteiger partial charge in [0, 0.05) is 12.4 Å². The van der Waals surface area contributed by atoms with E-state index in [0.29, 0.717) is 0 Å². The average Bonchev–Trinajstić information content (AvgIpc) is 2.66. The Bertz CT molecular complexity index is 462. The minimum Gasteiger partial charge on any atom is -0.305 e. The summed E-state index contributed by atoms with van der Waals surface area (Å²) >= 11 is 5.92. The van der Waals surface area contributed by atoms with Crippen LogP contribution in [0.15, 0.2) is 24.5 Å². The molecule has 0 aliphatic rings. The van der Waals surface area contributed by atoms with E-state index in [-0.39, 0.29) is 0 Å². The smallest absolute Gasteiger partial charge is 0.137 e. The van der Waals surface area contributed by atoms with Crippen LogP contribution >= 0.6 is 11.6 Å². The van der Waals surface area contributed by atoms with Gasteiger partial charge in [-0.25, -0.2) is 4.98 Å². The van der Waals surface area contributed by atoms with Gasteiger partial charge >= 0.3 is 0 Å². The van der Waals surface area contributed by atoms with Crippen LogP contribution in [0, 0.1) is 0 Å². The van der Waals surface area contributed by atoms with E-state index in [1.807, 2.05) is 22.7 Å². The highest BCUT2D eigenvalue weighted by Gasteiger charge is 2.01. The van der Waals surface area contributed by atoms with Crippen molar-refractivity contribution in [2.75, 3.05) is 0 Å². The monoisotopic (exact) mass is 236 g/mol. The van der Waals surface area contributed by atoms with Crippen molar-refractivity contribution in [2.24, 2.45) is 0 Å². The minimum atomic E-state index is 0.752. The Morgan fingerprint density at radius 3 is 2.88 bits per heavy atom. The van der Waals surface area contributed by atoms with Gasteiger partial charge in [0.1, 0.15) is 5.65 Å². The lowest BCUT2D eigenvalue weighted by Gasteiger charge is -1.95. The van der Waals surface area contributed by atoms with Gasteiger partial charge in [0.05, 0.1) is 10.7 Å². The van der Waals surface area contributed by atoms with Crippen LogP contribution in [0.3, 0.4) is 0 Å². The standard InChI is InChI=1S/C13H17ClN2/c1-2-3-4-5-6-12-10-16-9-11(14)7-8-13(16)15-12/h7-10H,2-6H2,1H3. The SMILES string of the molecule is CCCCCCc1cn2cc(Cl)ccc2n1. The number of unbranched alkanes of at least 4 members (excludes halogenated alkanes) is 3. The molecule has 3 heteroatoms. The number of aryl methyl sites for hydroxylation is 1. The van der Waals surface area contributed by atoms with Crippen LogP contribution < -0.4 is 0 Å². The van der Waals surface area contributed by atoms with Crippen molar-refractivity contribution in [2.45, 2.75) is 39.0 Å². The van der Waals surface area contributed by atoms with Gasteiger partial charge in [0.2, 0.25) is 0 Å². The molecule has 2 aromatic heterocycles. The van der Waals surface area contributed by atoms with E-state index in [1.165, 1.54) is 31.4 Å². The number of rotatable bonds is 5. The third-order valence-electron chi connectivity index (χ3n) is 2.75. The molecule has 2 rings (SSSR count). The zero-order chi connectivity index (χ0) is 11.4. The van der Waals surface area contributed by atoms with E-state index >= 15 is 0 Å². The number of pyridine rings is 1. The van der Waals surface area contributed by atoms with Crippen LogP contribution in [0.25, 0.3) is 5.65 Å². The molecule has 86 valence electrons. The molecule has 2 aromatic rings. The molecule has 16 heavy (non-hydrogen) atoms. The third kappa shape index (κ3) is 2.76. The molecule has 0 aliphatic carbocycles. The van der Waals surface area contributed by atoms with E-state index < -0.39 is 0 Å². The first kappa shape index (κ1) is 11.5. The molecule has 0 spiro atoms. The number of imidazole rings is 1. The van der Waals surface area contributed by atoms with Crippen molar-refractivity contribution < 1.29 is 0 Å². The third-order valence-corrected chi connectivity index (χ3v) is 2.97. The molecule has 0 atom stereocenters. The Kier molecular flexibility index (Phi) is 3.83. The molecule has 0 saturated heterocycles. The zero-order valence-electron chi connectivity index (χ0n) is 9.62. The molecule has 0 unspecified atom stereocenters. The first-order chi connectivity index (χ1) is 7.79. The second-order valence-corrected chi connectivity index (χ2v) is 4.59. The van der Waals surface area contributed by atoms with Crippen molar-refractivity contribution in [1.82, 2.24) is 9.38 Å². The van der Waals surface area contributed by atoms with Gasteiger partial charge in [-0.15, -0.1) is 0 Å². The number of halogens is 1. The first-order valence-electron chi connectivity index (χ1n) is 5.92. The predicted octanol–water partition coefficient (Wildman–Crippen LogP) is 4.11. The van der Waals surface area contributed by atoms with Crippen molar-refractivity contribution >= 4 is 17.2 Å². The topological polar surface area (TPSA) is 17.3 Å². The maximum Gasteiger partial charge on any atom is 0.137 e. The summed E-state index contributed by atoms with van der Waals surface area (Å²) in [4.78, 5) is 4.56. The summed E-state index contributed by atoms with van der Waals surface area (Å²) in [6, 6.07) is 3.84. The summed E-state index contributed by atoms with van der Waals surface area (Å²) in [5.74, 6) is 0. The summed E-state index contributed by atoms with van der Waals surface area (Å²) in [6.45, 7) is 2.23. The van der Waals surface area contributed by atoms with E-state index in [9.17, 15) is 0 Å². The zero-order valence-corrected chi connectivity index (χ0v) is 10.4. The molecule has 0 amide bonds. The molecule has 2 heterocycles. The van der Waals surface area contributed by atoms with Crippen molar-refractivity contribution in [3.63, 3.8) is 0 Å². The van der Waals surface area contributed by atoms with E-state index in [2.05, 4.69) is 18.1 Å². The van der Waals surface area contributed by atoms with Crippen LogP contribution in [0.1, 0.15) is 38.3 Å². The lowest BCUT2D eigenvalue weighted by Crippen LogP contribution is -1.85. The number of aromatic nitrogens is 2. The second-order valence-electron chi connectivity index (χ2n) is 4.16. The van der Waals surface area contributed by atoms with Gasteiger partial charge in [-0.2, -0.15) is 0 Å². The van der Waals surface area contributed by atoms with Gasteiger partial charge in [0.15, 0.2) is 0 Å². The first-order valence-corrected chi connectivity index (χ1v) is 6.30. The molecule has 0 N–H and O–H groups in total. The maximum absolute atomic E-state index is 5.92. The van der Waals surface area contributed by atoms with Gasteiger partial charge < -0.3 is 4.40 Å². The maximum atomic E-state index is 5.92. The second kappa shape index (κ2) is 5.35. The number of nitrogens with zero attached hydrogens (tertiary/aromatic N) is 2. The Labute approximate surface area is 101 Å². The molecule has 0 aromatic carbocycles. The van der Waals surface area contributed by atoms with E-state index in [1.54, 1.807) is 0 Å².